The lowest BCUT2D eigenvalue weighted by atomic mass is 10.0. The van der Waals surface area contributed by atoms with Crippen LogP contribution in [0.1, 0.15) is 45.1 Å². The topological polar surface area (TPSA) is 50.4 Å². The Hall–Kier alpha value is -1.71. The molecule has 0 saturated carbocycles. The highest BCUT2D eigenvalue weighted by atomic mass is 16.5. The van der Waals surface area contributed by atoms with Crippen molar-refractivity contribution < 1.29 is 9.53 Å². The first-order valence-corrected chi connectivity index (χ1v) is 8.02. The number of rotatable bonds is 7. The molecule has 0 bridgehead atoms. The highest BCUT2D eigenvalue weighted by molar-refractivity contribution is 5.80. The zero-order valence-corrected chi connectivity index (χ0v) is 13.1. The van der Waals surface area contributed by atoms with Crippen molar-refractivity contribution in [1.29, 1.82) is 0 Å². The Balaban J connectivity index is 1.90. The second-order valence-corrected chi connectivity index (χ2v) is 5.57. The van der Waals surface area contributed by atoms with Crippen LogP contribution in [0.5, 0.6) is 5.75 Å². The summed E-state index contributed by atoms with van der Waals surface area (Å²) in [4.78, 5) is 12.0. The van der Waals surface area contributed by atoms with E-state index in [-0.39, 0.29) is 5.91 Å². The second kappa shape index (κ2) is 7.91. The number of benzene rings is 1. The molecule has 0 aromatic heterocycles. The minimum absolute atomic E-state index is 0.0347. The van der Waals surface area contributed by atoms with Crippen LogP contribution >= 0.6 is 0 Å². The molecular weight excluding hydrogens is 264 g/mol. The molecule has 1 atom stereocenters. The normalized spacial score (nSPS) is 14.8. The van der Waals surface area contributed by atoms with Gasteiger partial charge in [-0.2, -0.15) is 0 Å². The minimum Gasteiger partial charge on any atom is -0.481 e. The summed E-state index contributed by atoms with van der Waals surface area (Å²) >= 11 is 0. The van der Waals surface area contributed by atoms with Gasteiger partial charge in [0.05, 0.1) is 0 Å². The van der Waals surface area contributed by atoms with Gasteiger partial charge in [-0.15, -0.1) is 0 Å². The molecule has 1 amide bonds. The zero-order chi connectivity index (χ0) is 15.1. The first-order valence-electron chi connectivity index (χ1n) is 8.02. The van der Waals surface area contributed by atoms with Crippen molar-refractivity contribution in [3.05, 3.63) is 23.8 Å². The standard InChI is InChI=1S/C17H26N2O2/c1-3-4-5-11-19-17(20)13(2)21-16-10-6-9-15-14(16)8-7-12-18-15/h6,9-10,13,18H,3-5,7-8,11-12H2,1-2H3,(H,19,20). The van der Waals surface area contributed by atoms with Gasteiger partial charge < -0.3 is 15.4 Å². The molecule has 1 aromatic carbocycles. The summed E-state index contributed by atoms with van der Waals surface area (Å²) in [6.45, 7) is 5.70. The summed E-state index contributed by atoms with van der Waals surface area (Å²) in [5, 5.41) is 6.31. The van der Waals surface area contributed by atoms with E-state index in [0.29, 0.717) is 0 Å². The van der Waals surface area contributed by atoms with Gasteiger partial charge in [0.2, 0.25) is 0 Å². The minimum atomic E-state index is -0.458. The van der Waals surface area contributed by atoms with Gasteiger partial charge in [-0.25, -0.2) is 0 Å². The van der Waals surface area contributed by atoms with Crippen LogP contribution in [-0.2, 0) is 11.2 Å². The van der Waals surface area contributed by atoms with Gasteiger partial charge in [0.15, 0.2) is 6.10 Å². The molecule has 2 N–H and O–H groups in total. The molecule has 0 radical (unpaired) electrons. The third-order valence-electron chi connectivity index (χ3n) is 3.80. The van der Waals surface area contributed by atoms with Gasteiger partial charge in [-0.1, -0.05) is 25.8 Å². The van der Waals surface area contributed by atoms with Crippen LogP contribution in [0.15, 0.2) is 18.2 Å². The van der Waals surface area contributed by atoms with E-state index in [4.69, 9.17) is 4.74 Å². The third kappa shape index (κ3) is 4.38. The lowest BCUT2D eigenvalue weighted by Crippen LogP contribution is -2.37. The van der Waals surface area contributed by atoms with Gasteiger partial charge in [0, 0.05) is 24.3 Å². The van der Waals surface area contributed by atoms with Gasteiger partial charge in [0.25, 0.3) is 5.91 Å². The molecule has 116 valence electrons. The molecule has 0 aliphatic carbocycles. The second-order valence-electron chi connectivity index (χ2n) is 5.57. The van der Waals surface area contributed by atoms with E-state index in [1.54, 1.807) is 0 Å². The maximum absolute atomic E-state index is 12.0. The maximum atomic E-state index is 12.0. The number of unbranched alkanes of at least 4 members (excludes halogenated alkanes) is 2. The number of anilines is 1. The molecule has 1 aromatic rings. The molecule has 0 spiro atoms. The summed E-state index contributed by atoms with van der Waals surface area (Å²) < 4.78 is 5.88. The fourth-order valence-electron chi connectivity index (χ4n) is 2.56. The van der Waals surface area contributed by atoms with Crippen LogP contribution in [-0.4, -0.2) is 25.1 Å². The maximum Gasteiger partial charge on any atom is 0.260 e. The zero-order valence-electron chi connectivity index (χ0n) is 13.1. The number of hydrogen-bond donors (Lipinski definition) is 2. The van der Waals surface area contributed by atoms with E-state index in [2.05, 4.69) is 23.6 Å². The Morgan fingerprint density at radius 1 is 1.43 bits per heavy atom. The quantitative estimate of drug-likeness (QED) is 0.759. The van der Waals surface area contributed by atoms with Crippen LogP contribution < -0.4 is 15.4 Å². The third-order valence-corrected chi connectivity index (χ3v) is 3.80. The van der Waals surface area contributed by atoms with Crippen molar-refractivity contribution in [3.8, 4) is 5.75 Å². The Bertz CT molecular complexity index is 474. The van der Waals surface area contributed by atoms with Gasteiger partial charge >= 0.3 is 0 Å². The average Bonchev–Trinajstić information content (AvgIpc) is 2.51. The lowest BCUT2D eigenvalue weighted by Gasteiger charge is -2.23. The molecule has 21 heavy (non-hydrogen) atoms. The Kier molecular flexibility index (Phi) is 5.90. The lowest BCUT2D eigenvalue weighted by molar-refractivity contribution is -0.127. The van der Waals surface area contributed by atoms with Crippen molar-refractivity contribution in [2.75, 3.05) is 18.4 Å². The van der Waals surface area contributed by atoms with Crippen LogP contribution in [0.2, 0.25) is 0 Å². The first-order chi connectivity index (χ1) is 10.2. The first kappa shape index (κ1) is 15.7. The van der Waals surface area contributed by atoms with E-state index < -0.39 is 6.10 Å². The van der Waals surface area contributed by atoms with Crippen LogP contribution in [0.3, 0.4) is 0 Å². The Morgan fingerprint density at radius 2 is 2.29 bits per heavy atom. The summed E-state index contributed by atoms with van der Waals surface area (Å²) in [5.41, 5.74) is 2.32. The summed E-state index contributed by atoms with van der Waals surface area (Å²) in [7, 11) is 0. The number of carbonyl (C=O) groups excluding carboxylic acids is 1. The number of amides is 1. The molecule has 0 saturated heterocycles. The molecule has 2 rings (SSSR count). The smallest absolute Gasteiger partial charge is 0.260 e. The fraction of sp³-hybridized carbons (Fsp3) is 0.588. The van der Waals surface area contributed by atoms with Crippen molar-refractivity contribution in [1.82, 2.24) is 5.32 Å². The Morgan fingerprint density at radius 3 is 3.10 bits per heavy atom. The number of hydrogen-bond acceptors (Lipinski definition) is 3. The van der Waals surface area contributed by atoms with Crippen molar-refractivity contribution in [3.63, 3.8) is 0 Å². The Labute approximate surface area is 127 Å². The van der Waals surface area contributed by atoms with Gasteiger partial charge in [0.1, 0.15) is 5.75 Å². The van der Waals surface area contributed by atoms with E-state index >= 15 is 0 Å². The summed E-state index contributed by atoms with van der Waals surface area (Å²) in [6.07, 6.45) is 4.98. The number of ether oxygens (including phenoxy) is 1. The fourth-order valence-corrected chi connectivity index (χ4v) is 2.56. The molecule has 1 aliphatic rings. The average molecular weight is 290 g/mol. The van der Waals surface area contributed by atoms with Crippen molar-refractivity contribution in [2.45, 2.75) is 52.1 Å². The summed E-state index contributed by atoms with van der Waals surface area (Å²) in [6, 6.07) is 5.99. The van der Waals surface area contributed by atoms with E-state index in [1.165, 1.54) is 5.56 Å². The van der Waals surface area contributed by atoms with Gasteiger partial charge in [-0.05, 0) is 38.3 Å². The van der Waals surface area contributed by atoms with Crippen LogP contribution in [0, 0.1) is 0 Å². The molecule has 1 heterocycles. The number of nitrogens with one attached hydrogen (secondary N) is 2. The van der Waals surface area contributed by atoms with E-state index in [9.17, 15) is 4.79 Å². The predicted molar refractivity (Wildman–Crippen MR) is 85.9 cm³/mol. The summed E-state index contributed by atoms with van der Waals surface area (Å²) in [5.74, 6) is 0.795. The predicted octanol–water partition coefficient (Wildman–Crippen LogP) is 3.12. The number of carbonyl (C=O) groups is 1. The van der Waals surface area contributed by atoms with Gasteiger partial charge in [-0.3, -0.25) is 4.79 Å². The van der Waals surface area contributed by atoms with E-state index in [0.717, 1.165) is 56.6 Å². The highest BCUT2D eigenvalue weighted by Crippen LogP contribution is 2.31. The van der Waals surface area contributed by atoms with Crippen molar-refractivity contribution >= 4 is 11.6 Å². The van der Waals surface area contributed by atoms with Crippen LogP contribution in [0.4, 0.5) is 5.69 Å². The molecule has 4 nitrogen and oxygen atoms in total. The molecule has 1 aliphatic heterocycles. The van der Waals surface area contributed by atoms with Crippen LogP contribution in [0.25, 0.3) is 0 Å². The van der Waals surface area contributed by atoms with E-state index in [1.807, 2.05) is 19.1 Å². The largest absolute Gasteiger partial charge is 0.481 e. The molecular formula is C17H26N2O2. The van der Waals surface area contributed by atoms with Crippen molar-refractivity contribution in [2.24, 2.45) is 0 Å². The highest BCUT2D eigenvalue weighted by Gasteiger charge is 2.18. The SMILES string of the molecule is CCCCCNC(=O)C(C)Oc1cccc2c1CCCN2. The molecule has 1 unspecified atom stereocenters. The monoisotopic (exact) mass is 290 g/mol. The number of fused-ring (bicyclic) bond motifs is 1. The molecule has 4 heteroatoms. The molecule has 0 fully saturated rings.